The van der Waals surface area contributed by atoms with Crippen molar-refractivity contribution in [3.05, 3.63) is 0 Å². The standard InChI is InChI=1S/C11H23NO2/c1-4-10(5-2)12-8-9(3)6-7-11(13)14/h9-10,12H,4-8H2,1-3H3,(H,13,14). The van der Waals surface area contributed by atoms with Crippen LogP contribution < -0.4 is 5.32 Å². The molecule has 0 aliphatic rings. The molecule has 0 saturated heterocycles. The van der Waals surface area contributed by atoms with Gasteiger partial charge in [0.05, 0.1) is 0 Å². The largest absolute Gasteiger partial charge is 0.481 e. The maximum Gasteiger partial charge on any atom is 0.303 e. The summed E-state index contributed by atoms with van der Waals surface area (Å²) in [5.41, 5.74) is 0. The normalized spacial score (nSPS) is 13.1. The van der Waals surface area contributed by atoms with Gasteiger partial charge >= 0.3 is 5.97 Å². The summed E-state index contributed by atoms with van der Waals surface area (Å²) in [6.07, 6.45) is 3.33. The van der Waals surface area contributed by atoms with Crippen molar-refractivity contribution < 1.29 is 9.90 Å². The molecule has 0 spiro atoms. The fraction of sp³-hybridized carbons (Fsp3) is 0.909. The Labute approximate surface area is 86.9 Å². The lowest BCUT2D eigenvalue weighted by Crippen LogP contribution is -2.31. The van der Waals surface area contributed by atoms with Crippen LogP contribution in [0.3, 0.4) is 0 Å². The minimum absolute atomic E-state index is 0.283. The van der Waals surface area contributed by atoms with Gasteiger partial charge in [-0.05, 0) is 31.7 Å². The molecule has 0 fully saturated rings. The third kappa shape index (κ3) is 6.89. The molecule has 0 amide bonds. The first-order valence-electron chi connectivity index (χ1n) is 5.55. The zero-order valence-electron chi connectivity index (χ0n) is 9.55. The average Bonchev–Trinajstić information content (AvgIpc) is 2.16. The molecular formula is C11H23NO2. The highest BCUT2D eigenvalue weighted by atomic mass is 16.4. The zero-order valence-corrected chi connectivity index (χ0v) is 9.55. The summed E-state index contributed by atoms with van der Waals surface area (Å²) in [5.74, 6) is -0.244. The van der Waals surface area contributed by atoms with Crippen LogP contribution in [0, 0.1) is 5.92 Å². The van der Waals surface area contributed by atoms with Gasteiger partial charge in [0.1, 0.15) is 0 Å². The lowest BCUT2D eigenvalue weighted by Gasteiger charge is -2.18. The van der Waals surface area contributed by atoms with E-state index < -0.39 is 5.97 Å². The van der Waals surface area contributed by atoms with E-state index in [1.165, 1.54) is 0 Å². The molecule has 0 aliphatic carbocycles. The minimum atomic E-state index is -0.695. The van der Waals surface area contributed by atoms with Gasteiger partial charge in [0.15, 0.2) is 0 Å². The Kier molecular flexibility index (Phi) is 7.48. The molecule has 0 radical (unpaired) electrons. The molecule has 0 bridgehead atoms. The molecule has 0 aliphatic heterocycles. The topological polar surface area (TPSA) is 49.3 Å². The summed E-state index contributed by atoms with van der Waals surface area (Å²) in [6, 6.07) is 0.585. The van der Waals surface area contributed by atoms with Crippen molar-refractivity contribution >= 4 is 5.97 Å². The van der Waals surface area contributed by atoms with Crippen LogP contribution in [0.1, 0.15) is 46.5 Å². The first kappa shape index (κ1) is 13.4. The first-order chi connectivity index (χ1) is 6.60. The summed E-state index contributed by atoms with van der Waals surface area (Å²) in [4.78, 5) is 10.3. The Morgan fingerprint density at radius 1 is 1.36 bits per heavy atom. The molecule has 0 aromatic carbocycles. The van der Waals surface area contributed by atoms with Crippen molar-refractivity contribution in [1.29, 1.82) is 0 Å². The van der Waals surface area contributed by atoms with E-state index >= 15 is 0 Å². The van der Waals surface area contributed by atoms with Crippen LogP contribution in [-0.4, -0.2) is 23.7 Å². The average molecular weight is 201 g/mol. The molecule has 84 valence electrons. The van der Waals surface area contributed by atoms with Crippen LogP contribution in [0.2, 0.25) is 0 Å². The quantitative estimate of drug-likeness (QED) is 0.633. The molecule has 0 aromatic rings. The predicted molar refractivity (Wildman–Crippen MR) is 58.4 cm³/mol. The van der Waals surface area contributed by atoms with Gasteiger partial charge in [0.2, 0.25) is 0 Å². The Hall–Kier alpha value is -0.570. The summed E-state index contributed by atoms with van der Waals surface area (Å²) in [7, 11) is 0. The fourth-order valence-electron chi connectivity index (χ4n) is 1.42. The van der Waals surface area contributed by atoms with E-state index in [1.807, 2.05) is 0 Å². The van der Waals surface area contributed by atoms with Gasteiger partial charge in [0.25, 0.3) is 0 Å². The number of carbonyl (C=O) groups is 1. The highest BCUT2D eigenvalue weighted by Gasteiger charge is 2.07. The molecule has 1 unspecified atom stereocenters. The van der Waals surface area contributed by atoms with Crippen molar-refractivity contribution in [1.82, 2.24) is 5.32 Å². The van der Waals surface area contributed by atoms with Gasteiger partial charge < -0.3 is 10.4 Å². The Balaban J connectivity index is 3.51. The molecule has 3 nitrogen and oxygen atoms in total. The SMILES string of the molecule is CCC(CC)NCC(C)CCC(=O)O. The molecule has 0 rings (SSSR count). The molecule has 0 aromatic heterocycles. The van der Waals surface area contributed by atoms with Gasteiger partial charge in [-0.1, -0.05) is 20.8 Å². The van der Waals surface area contributed by atoms with Crippen molar-refractivity contribution in [3.8, 4) is 0 Å². The van der Waals surface area contributed by atoms with E-state index in [4.69, 9.17) is 5.11 Å². The van der Waals surface area contributed by atoms with Gasteiger partial charge in [-0.25, -0.2) is 0 Å². The summed E-state index contributed by atoms with van der Waals surface area (Å²) in [6.45, 7) is 7.37. The van der Waals surface area contributed by atoms with Crippen molar-refractivity contribution in [2.75, 3.05) is 6.54 Å². The number of rotatable bonds is 8. The lowest BCUT2D eigenvalue weighted by atomic mass is 10.0. The van der Waals surface area contributed by atoms with Gasteiger partial charge in [-0.2, -0.15) is 0 Å². The smallest absolute Gasteiger partial charge is 0.303 e. The highest BCUT2D eigenvalue weighted by Crippen LogP contribution is 2.05. The zero-order chi connectivity index (χ0) is 11.0. The van der Waals surface area contributed by atoms with E-state index in [9.17, 15) is 4.79 Å². The lowest BCUT2D eigenvalue weighted by molar-refractivity contribution is -0.137. The number of hydrogen-bond donors (Lipinski definition) is 2. The number of nitrogens with one attached hydrogen (secondary N) is 1. The molecule has 14 heavy (non-hydrogen) atoms. The second-order valence-electron chi connectivity index (χ2n) is 3.96. The molecule has 1 atom stereocenters. The molecular weight excluding hydrogens is 178 g/mol. The Morgan fingerprint density at radius 3 is 2.36 bits per heavy atom. The summed E-state index contributed by atoms with van der Waals surface area (Å²) in [5, 5.41) is 12.0. The van der Waals surface area contributed by atoms with E-state index in [2.05, 4.69) is 26.1 Å². The predicted octanol–water partition coefficient (Wildman–Crippen LogP) is 2.27. The highest BCUT2D eigenvalue weighted by molar-refractivity contribution is 5.66. The van der Waals surface area contributed by atoms with Crippen molar-refractivity contribution in [2.24, 2.45) is 5.92 Å². The van der Waals surface area contributed by atoms with E-state index in [-0.39, 0.29) is 6.42 Å². The van der Waals surface area contributed by atoms with Crippen LogP contribution in [-0.2, 0) is 4.79 Å². The molecule has 0 saturated carbocycles. The van der Waals surface area contributed by atoms with E-state index in [0.29, 0.717) is 12.0 Å². The van der Waals surface area contributed by atoms with Crippen LogP contribution in [0.25, 0.3) is 0 Å². The van der Waals surface area contributed by atoms with Gasteiger partial charge in [-0.15, -0.1) is 0 Å². The number of hydrogen-bond acceptors (Lipinski definition) is 2. The van der Waals surface area contributed by atoms with Gasteiger partial charge in [-0.3, -0.25) is 4.79 Å². The van der Waals surface area contributed by atoms with E-state index in [0.717, 1.165) is 25.8 Å². The van der Waals surface area contributed by atoms with Crippen LogP contribution in [0.5, 0.6) is 0 Å². The third-order valence-corrected chi connectivity index (χ3v) is 2.59. The van der Waals surface area contributed by atoms with Crippen LogP contribution in [0.4, 0.5) is 0 Å². The maximum atomic E-state index is 10.3. The second kappa shape index (κ2) is 7.80. The van der Waals surface area contributed by atoms with Crippen molar-refractivity contribution in [3.63, 3.8) is 0 Å². The first-order valence-corrected chi connectivity index (χ1v) is 5.55. The Bertz CT molecular complexity index is 155. The van der Waals surface area contributed by atoms with E-state index in [1.54, 1.807) is 0 Å². The summed E-state index contributed by atoms with van der Waals surface area (Å²) >= 11 is 0. The fourth-order valence-corrected chi connectivity index (χ4v) is 1.42. The van der Waals surface area contributed by atoms with Gasteiger partial charge in [0, 0.05) is 12.5 Å². The number of carboxylic acids is 1. The van der Waals surface area contributed by atoms with Crippen LogP contribution in [0.15, 0.2) is 0 Å². The monoisotopic (exact) mass is 201 g/mol. The maximum absolute atomic E-state index is 10.3. The number of carboxylic acid groups (broad SMARTS) is 1. The second-order valence-corrected chi connectivity index (χ2v) is 3.96. The van der Waals surface area contributed by atoms with Crippen molar-refractivity contribution in [2.45, 2.75) is 52.5 Å². The van der Waals surface area contributed by atoms with Crippen LogP contribution >= 0.6 is 0 Å². The summed E-state index contributed by atoms with van der Waals surface area (Å²) < 4.78 is 0. The third-order valence-electron chi connectivity index (χ3n) is 2.59. The number of aliphatic carboxylic acids is 1. The molecule has 3 heteroatoms. The Morgan fingerprint density at radius 2 is 1.93 bits per heavy atom. The molecule has 0 heterocycles. The minimum Gasteiger partial charge on any atom is -0.481 e. The molecule has 2 N–H and O–H groups in total.